The van der Waals surface area contributed by atoms with Gasteiger partial charge < -0.3 is 25.0 Å². The summed E-state index contributed by atoms with van der Waals surface area (Å²) in [5.41, 5.74) is 2.61. The van der Waals surface area contributed by atoms with Crippen LogP contribution in [-0.4, -0.2) is 51.5 Å². The average Bonchev–Trinajstić information content (AvgIpc) is 3.00. The third-order valence-electron chi connectivity index (χ3n) is 7.11. The second-order valence-electron chi connectivity index (χ2n) is 9.64. The smallest absolute Gasteiger partial charge is 0.550 e. The summed E-state index contributed by atoms with van der Waals surface area (Å²) in [5.74, 6) is -0.424. The topological polar surface area (TPSA) is 83.8 Å². The molecular formula is C24H37FNNaO4. The molecule has 31 heavy (non-hydrogen) atoms. The summed E-state index contributed by atoms with van der Waals surface area (Å²) in [7, 11) is 0. The Morgan fingerprint density at radius 2 is 1.81 bits per heavy atom. The summed E-state index contributed by atoms with van der Waals surface area (Å²) in [5, 5.41) is 30.8. The standard InChI is InChI=1S/C24H38FNO4.Na/c1-15(2)26-21-6-4-3-5-20(21)24(16-7-9-17(25)10-8-16)22(26)12-11-18(27)13-19(28)14-23(29)30;/h11-12,15-21,27-28H,3-10,13-14H2,1-2H3,(H,29,30);/q;+1/p-1/b12-11+;. The molecule has 0 radical (unpaired) electrons. The van der Waals surface area contributed by atoms with Crippen molar-refractivity contribution in [1.29, 1.82) is 0 Å². The van der Waals surface area contributed by atoms with Crippen molar-refractivity contribution in [2.45, 2.75) is 109 Å². The number of alkyl halides is 1. The van der Waals surface area contributed by atoms with Crippen LogP contribution in [0.2, 0.25) is 0 Å². The van der Waals surface area contributed by atoms with Gasteiger partial charge in [0.25, 0.3) is 0 Å². The monoisotopic (exact) mass is 445 g/mol. The van der Waals surface area contributed by atoms with Crippen LogP contribution in [0.5, 0.6) is 0 Å². The van der Waals surface area contributed by atoms with Crippen LogP contribution in [0.25, 0.3) is 0 Å². The Bertz CT molecular complexity index is 660. The van der Waals surface area contributed by atoms with Crippen LogP contribution in [0.3, 0.4) is 0 Å². The average molecular weight is 446 g/mol. The molecule has 2 saturated carbocycles. The zero-order chi connectivity index (χ0) is 21.8. The van der Waals surface area contributed by atoms with Crippen LogP contribution in [0, 0.1) is 11.8 Å². The van der Waals surface area contributed by atoms with E-state index >= 15 is 0 Å². The molecule has 3 aliphatic rings. The third kappa shape index (κ3) is 6.80. The Kier molecular flexibility index (Phi) is 10.5. The van der Waals surface area contributed by atoms with Crippen LogP contribution in [0.15, 0.2) is 23.4 Å². The molecule has 1 heterocycles. The van der Waals surface area contributed by atoms with Crippen molar-refractivity contribution in [3.8, 4) is 0 Å². The van der Waals surface area contributed by atoms with Gasteiger partial charge in [-0.2, -0.15) is 0 Å². The van der Waals surface area contributed by atoms with Gasteiger partial charge in [0, 0.05) is 42.5 Å². The number of aliphatic carboxylic acids is 1. The number of carbonyl (C=O) groups is 1. The maximum absolute atomic E-state index is 13.8. The minimum absolute atomic E-state index is 0. The second-order valence-corrected chi connectivity index (χ2v) is 9.64. The number of carbonyl (C=O) groups excluding carboxylic acids is 1. The van der Waals surface area contributed by atoms with Gasteiger partial charge >= 0.3 is 29.6 Å². The summed E-state index contributed by atoms with van der Waals surface area (Å²) >= 11 is 0. The van der Waals surface area contributed by atoms with Crippen LogP contribution in [-0.2, 0) is 4.79 Å². The first-order valence-corrected chi connectivity index (χ1v) is 11.7. The van der Waals surface area contributed by atoms with Crippen molar-refractivity contribution in [3.05, 3.63) is 23.4 Å². The minimum atomic E-state index is -1.32. The normalized spacial score (nSPS) is 31.0. The first-order chi connectivity index (χ1) is 14.3. The number of fused-ring (bicyclic) bond motifs is 1. The van der Waals surface area contributed by atoms with E-state index in [0.29, 0.717) is 36.8 Å². The van der Waals surface area contributed by atoms with Crippen LogP contribution in [0.4, 0.5) is 4.39 Å². The van der Waals surface area contributed by atoms with Crippen LogP contribution >= 0.6 is 0 Å². The van der Waals surface area contributed by atoms with Crippen molar-refractivity contribution in [2.75, 3.05) is 0 Å². The van der Waals surface area contributed by atoms with Gasteiger partial charge in [-0.1, -0.05) is 18.9 Å². The van der Waals surface area contributed by atoms with E-state index in [0.717, 1.165) is 25.0 Å². The van der Waals surface area contributed by atoms with Crippen molar-refractivity contribution in [3.63, 3.8) is 0 Å². The molecule has 5 nitrogen and oxygen atoms in total. The Hall–Kier alpha value is -0.400. The molecule has 0 aromatic carbocycles. The summed E-state index contributed by atoms with van der Waals surface area (Å²) in [6, 6.07) is 0.795. The predicted molar refractivity (Wildman–Crippen MR) is 112 cm³/mol. The van der Waals surface area contributed by atoms with Gasteiger partial charge in [0.2, 0.25) is 0 Å². The number of hydrogen-bond acceptors (Lipinski definition) is 5. The number of allylic oxidation sites excluding steroid dienone is 1. The Balaban J connectivity index is 0.00000341. The van der Waals surface area contributed by atoms with Gasteiger partial charge in [-0.25, -0.2) is 4.39 Å². The molecule has 0 bridgehead atoms. The van der Waals surface area contributed by atoms with E-state index in [4.69, 9.17) is 0 Å². The molecule has 4 unspecified atom stereocenters. The van der Waals surface area contributed by atoms with Gasteiger partial charge in [-0.05, 0) is 69.9 Å². The summed E-state index contributed by atoms with van der Waals surface area (Å²) in [6.07, 6.45) is 8.22. The zero-order valence-electron chi connectivity index (χ0n) is 19.3. The van der Waals surface area contributed by atoms with Crippen LogP contribution in [0.1, 0.15) is 78.1 Å². The number of hydrogen-bond donors (Lipinski definition) is 2. The van der Waals surface area contributed by atoms with Gasteiger partial charge in [0.15, 0.2) is 0 Å². The summed E-state index contributed by atoms with van der Waals surface area (Å²) in [4.78, 5) is 13.1. The molecule has 0 amide bonds. The van der Waals surface area contributed by atoms with Gasteiger partial charge in [0.1, 0.15) is 6.17 Å². The molecular weight excluding hydrogens is 408 g/mol. The molecule has 2 fully saturated rings. The minimum Gasteiger partial charge on any atom is -0.550 e. The van der Waals surface area contributed by atoms with Crippen molar-refractivity contribution in [1.82, 2.24) is 4.90 Å². The Labute approximate surface area is 208 Å². The number of carboxylic acids is 1. The number of nitrogens with zero attached hydrogens (tertiary/aromatic N) is 1. The number of aliphatic hydroxyl groups is 2. The van der Waals surface area contributed by atoms with E-state index in [-0.39, 0.29) is 36.0 Å². The zero-order valence-corrected chi connectivity index (χ0v) is 21.3. The molecule has 1 aliphatic heterocycles. The largest absolute Gasteiger partial charge is 1.00 e. The summed E-state index contributed by atoms with van der Waals surface area (Å²) in [6.45, 7) is 4.39. The number of halogens is 1. The first kappa shape index (κ1) is 26.8. The number of aliphatic hydroxyl groups excluding tert-OH is 2. The number of rotatable bonds is 8. The molecule has 3 rings (SSSR count). The predicted octanol–water partition coefficient (Wildman–Crippen LogP) is -0.136. The van der Waals surface area contributed by atoms with Crippen LogP contribution < -0.4 is 34.7 Å². The van der Waals surface area contributed by atoms with Crippen molar-refractivity contribution < 1.29 is 54.1 Å². The van der Waals surface area contributed by atoms with E-state index in [1.807, 2.05) is 6.08 Å². The van der Waals surface area contributed by atoms with Gasteiger partial charge in [-0.15, -0.1) is 0 Å². The second kappa shape index (κ2) is 12.2. The van der Waals surface area contributed by atoms with E-state index in [1.165, 1.54) is 24.8 Å². The summed E-state index contributed by atoms with van der Waals surface area (Å²) < 4.78 is 13.8. The van der Waals surface area contributed by atoms with Gasteiger partial charge in [-0.3, -0.25) is 0 Å². The quantitative estimate of drug-likeness (QED) is 0.509. The van der Waals surface area contributed by atoms with E-state index in [1.54, 1.807) is 6.08 Å². The van der Waals surface area contributed by atoms with Crippen molar-refractivity contribution in [2.24, 2.45) is 11.8 Å². The van der Waals surface area contributed by atoms with E-state index in [9.17, 15) is 24.5 Å². The number of carboxylic acid groups (broad SMARTS) is 1. The molecule has 170 valence electrons. The fraction of sp³-hybridized carbons (Fsp3) is 0.792. The third-order valence-corrected chi connectivity index (χ3v) is 7.11. The SMILES string of the molecule is CC(C)N1C(/C=C/C(O)CC(O)CC(=O)[O-])=C(C2CCC(F)CC2)C2CCCCC21.[Na+]. The Morgan fingerprint density at radius 3 is 2.42 bits per heavy atom. The van der Waals surface area contributed by atoms with E-state index < -0.39 is 30.8 Å². The molecule has 7 heteroatoms. The Morgan fingerprint density at radius 1 is 1.16 bits per heavy atom. The van der Waals surface area contributed by atoms with E-state index in [2.05, 4.69) is 18.7 Å². The van der Waals surface area contributed by atoms with Gasteiger partial charge in [0.05, 0.1) is 12.2 Å². The first-order valence-electron chi connectivity index (χ1n) is 11.7. The molecule has 0 saturated heterocycles. The molecule has 2 N–H and O–H groups in total. The molecule has 2 aliphatic carbocycles. The maximum atomic E-state index is 13.8. The molecule has 0 spiro atoms. The van der Waals surface area contributed by atoms with Crippen molar-refractivity contribution >= 4 is 5.97 Å². The fourth-order valence-electron chi connectivity index (χ4n) is 5.88. The maximum Gasteiger partial charge on any atom is 1.00 e. The molecule has 0 aromatic heterocycles. The molecule has 4 atom stereocenters. The fourth-order valence-corrected chi connectivity index (χ4v) is 5.88. The molecule has 0 aromatic rings.